The van der Waals surface area contributed by atoms with Gasteiger partial charge < -0.3 is 24.4 Å². The van der Waals surface area contributed by atoms with Crippen LogP contribution in [0.5, 0.6) is 0 Å². The van der Waals surface area contributed by atoms with Gasteiger partial charge in [0.05, 0.1) is 18.7 Å². The van der Waals surface area contributed by atoms with Crippen molar-refractivity contribution in [3.05, 3.63) is 71.0 Å². The van der Waals surface area contributed by atoms with E-state index in [9.17, 15) is 14.0 Å². The fourth-order valence-corrected chi connectivity index (χ4v) is 4.79. The molecule has 2 aromatic carbocycles. The van der Waals surface area contributed by atoms with Crippen LogP contribution in [0, 0.1) is 5.82 Å². The molecule has 4 rings (SSSR count). The number of methoxy groups -OCH3 is 1. The number of hydrogen-bond donors (Lipinski definition) is 1. The first-order valence-electron chi connectivity index (χ1n) is 11.9. The Balaban J connectivity index is 1.57. The molecule has 1 fully saturated rings. The minimum absolute atomic E-state index is 0.166. The van der Waals surface area contributed by atoms with Gasteiger partial charge in [0, 0.05) is 20.1 Å². The van der Waals surface area contributed by atoms with Crippen LogP contribution in [0.1, 0.15) is 49.9 Å². The van der Waals surface area contributed by atoms with Gasteiger partial charge in [-0.25, -0.2) is 9.18 Å². The molecule has 0 aliphatic carbocycles. The Kier molecular flexibility index (Phi) is 7.42. The van der Waals surface area contributed by atoms with Crippen LogP contribution in [0.4, 0.5) is 9.18 Å². The first-order chi connectivity index (χ1) is 16.7. The van der Waals surface area contributed by atoms with Gasteiger partial charge >= 0.3 is 6.09 Å². The van der Waals surface area contributed by atoms with E-state index < -0.39 is 29.9 Å². The number of hydrogen-bond acceptors (Lipinski definition) is 5. The molecule has 0 spiro atoms. The summed E-state index contributed by atoms with van der Waals surface area (Å²) in [6.45, 7) is 6.05. The normalized spacial score (nSPS) is 24.4. The molecule has 0 unspecified atom stereocenters. The van der Waals surface area contributed by atoms with Crippen LogP contribution in [0.15, 0.2) is 48.5 Å². The molecular formula is C27H33FN2O5. The number of benzene rings is 2. The average Bonchev–Trinajstić information content (AvgIpc) is 2.82. The number of rotatable bonds is 4. The van der Waals surface area contributed by atoms with Gasteiger partial charge in [-0.15, -0.1) is 0 Å². The fourth-order valence-electron chi connectivity index (χ4n) is 4.79. The number of fused-ring (bicyclic) bond motifs is 1. The zero-order chi connectivity index (χ0) is 25.2. The van der Waals surface area contributed by atoms with E-state index in [-0.39, 0.29) is 30.8 Å². The third kappa shape index (κ3) is 5.82. The lowest BCUT2D eigenvalue weighted by Crippen LogP contribution is -2.56. The van der Waals surface area contributed by atoms with Crippen LogP contribution < -0.4 is 5.32 Å². The number of halogens is 1. The Morgan fingerprint density at radius 1 is 1.11 bits per heavy atom. The van der Waals surface area contributed by atoms with Gasteiger partial charge in [-0.2, -0.15) is 0 Å². The van der Waals surface area contributed by atoms with Crippen molar-refractivity contribution in [3.63, 3.8) is 0 Å². The minimum atomic E-state index is -0.755. The summed E-state index contributed by atoms with van der Waals surface area (Å²) in [7, 11) is 1.55. The number of nitrogens with zero attached hydrogens (tertiary/aromatic N) is 1. The molecule has 8 heteroatoms. The highest BCUT2D eigenvalue weighted by atomic mass is 19.1. The maximum absolute atomic E-state index is 13.8. The molecule has 2 aliphatic heterocycles. The van der Waals surface area contributed by atoms with Crippen molar-refractivity contribution < 1.29 is 28.2 Å². The summed E-state index contributed by atoms with van der Waals surface area (Å²) in [6.07, 6.45) is -0.748. The molecule has 0 bridgehead atoms. The molecule has 7 nitrogen and oxygen atoms in total. The zero-order valence-electron chi connectivity index (χ0n) is 20.6. The molecule has 4 atom stereocenters. The van der Waals surface area contributed by atoms with Crippen LogP contribution in [0.2, 0.25) is 0 Å². The van der Waals surface area contributed by atoms with Gasteiger partial charge in [0.2, 0.25) is 0 Å². The molecule has 2 aromatic rings. The largest absolute Gasteiger partial charge is 0.444 e. The predicted molar refractivity (Wildman–Crippen MR) is 128 cm³/mol. The van der Waals surface area contributed by atoms with E-state index in [0.717, 1.165) is 11.1 Å². The Hall–Kier alpha value is -2.97. The summed E-state index contributed by atoms with van der Waals surface area (Å²) < 4.78 is 30.5. The molecule has 0 radical (unpaired) electrons. The molecule has 1 saturated heterocycles. The zero-order valence-corrected chi connectivity index (χ0v) is 20.6. The summed E-state index contributed by atoms with van der Waals surface area (Å²) in [5, 5.41) is 2.85. The van der Waals surface area contributed by atoms with Gasteiger partial charge in [-0.1, -0.05) is 36.4 Å². The van der Waals surface area contributed by atoms with Crippen molar-refractivity contribution in [3.8, 4) is 0 Å². The SMILES string of the molecule is CO[C@@H]1CO[C@@H](C(=O)N2CCc3ccccc3[C@@H]2c2ccc(F)cc2)C[C@@H]1NC(=O)OC(C)(C)C. The fraction of sp³-hybridized carbons (Fsp3) is 0.481. The van der Waals surface area contributed by atoms with Crippen LogP contribution in [-0.4, -0.2) is 61.0 Å². The van der Waals surface area contributed by atoms with E-state index >= 15 is 0 Å². The van der Waals surface area contributed by atoms with Crippen molar-refractivity contribution >= 4 is 12.0 Å². The number of amides is 2. The van der Waals surface area contributed by atoms with E-state index in [1.807, 2.05) is 18.2 Å². The van der Waals surface area contributed by atoms with Crippen molar-refractivity contribution in [1.82, 2.24) is 10.2 Å². The summed E-state index contributed by atoms with van der Waals surface area (Å²) in [5.41, 5.74) is 2.38. The molecule has 1 N–H and O–H groups in total. The third-order valence-corrected chi connectivity index (χ3v) is 6.41. The molecule has 188 valence electrons. The summed E-state index contributed by atoms with van der Waals surface area (Å²) in [4.78, 5) is 28.0. The van der Waals surface area contributed by atoms with E-state index in [1.165, 1.54) is 17.7 Å². The number of nitrogens with one attached hydrogen (secondary N) is 1. The van der Waals surface area contributed by atoms with Gasteiger partial charge in [0.25, 0.3) is 5.91 Å². The molecule has 35 heavy (non-hydrogen) atoms. The standard InChI is InChI=1S/C27H33FN2O5/c1-27(2,3)35-26(32)29-21-15-22(34-16-23(21)33-4)25(31)30-14-13-17-7-5-6-8-20(17)24(30)18-9-11-19(28)12-10-18/h5-12,21-24H,13-16H2,1-4H3,(H,29,32)/t21-,22+,23+,24-/m0/s1. The van der Waals surface area contributed by atoms with Crippen LogP contribution in [0.25, 0.3) is 0 Å². The average molecular weight is 485 g/mol. The Morgan fingerprint density at radius 2 is 1.83 bits per heavy atom. The second-order valence-electron chi connectivity index (χ2n) is 10.0. The molecule has 2 amide bonds. The Bertz CT molecular complexity index is 1050. The van der Waals surface area contributed by atoms with Crippen molar-refractivity contribution in [2.45, 2.75) is 63.5 Å². The Labute approximate surface area is 205 Å². The highest BCUT2D eigenvalue weighted by Gasteiger charge is 2.41. The van der Waals surface area contributed by atoms with Gasteiger partial charge in [-0.05, 0) is 56.0 Å². The molecular weight excluding hydrogens is 451 g/mol. The first-order valence-corrected chi connectivity index (χ1v) is 11.9. The van der Waals surface area contributed by atoms with E-state index in [4.69, 9.17) is 14.2 Å². The van der Waals surface area contributed by atoms with E-state index in [0.29, 0.717) is 13.0 Å². The lowest BCUT2D eigenvalue weighted by molar-refractivity contribution is -0.157. The molecule has 0 saturated carbocycles. The molecule has 0 aromatic heterocycles. The van der Waals surface area contributed by atoms with Gasteiger partial charge in [0.1, 0.15) is 23.6 Å². The summed E-state index contributed by atoms with van der Waals surface area (Å²) >= 11 is 0. The number of alkyl carbamates (subject to hydrolysis) is 1. The third-order valence-electron chi connectivity index (χ3n) is 6.41. The van der Waals surface area contributed by atoms with Crippen LogP contribution in [0.3, 0.4) is 0 Å². The maximum atomic E-state index is 13.8. The highest BCUT2D eigenvalue weighted by Crippen LogP contribution is 2.36. The lowest BCUT2D eigenvalue weighted by atomic mass is 9.87. The maximum Gasteiger partial charge on any atom is 0.407 e. The minimum Gasteiger partial charge on any atom is -0.444 e. The smallest absolute Gasteiger partial charge is 0.407 e. The van der Waals surface area contributed by atoms with Crippen molar-refractivity contribution in [2.24, 2.45) is 0 Å². The topological polar surface area (TPSA) is 77.1 Å². The van der Waals surface area contributed by atoms with Gasteiger partial charge in [0.15, 0.2) is 0 Å². The number of carbonyl (C=O) groups excluding carboxylic acids is 2. The van der Waals surface area contributed by atoms with E-state index in [2.05, 4.69) is 11.4 Å². The molecule has 2 heterocycles. The lowest BCUT2D eigenvalue weighted by Gasteiger charge is -2.42. The van der Waals surface area contributed by atoms with Gasteiger partial charge in [-0.3, -0.25) is 4.79 Å². The molecule has 2 aliphatic rings. The summed E-state index contributed by atoms with van der Waals surface area (Å²) in [5.74, 6) is -0.493. The predicted octanol–water partition coefficient (Wildman–Crippen LogP) is 4.00. The number of ether oxygens (including phenoxy) is 3. The second-order valence-corrected chi connectivity index (χ2v) is 10.0. The van der Waals surface area contributed by atoms with Crippen LogP contribution >= 0.6 is 0 Å². The first kappa shape index (κ1) is 25.1. The van der Waals surface area contributed by atoms with Crippen molar-refractivity contribution in [1.29, 1.82) is 0 Å². The second kappa shape index (κ2) is 10.3. The van der Waals surface area contributed by atoms with Crippen LogP contribution in [-0.2, 0) is 25.4 Å². The monoisotopic (exact) mass is 484 g/mol. The van der Waals surface area contributed by atoms with E-state index in [1.54, 1.807) is 44.9 Å². The van der Waals surface area contributed by atoms with Crippen molar-refractivity contribution in [2.75, 3.05) is 20.3 Å². The highest BCUT2D eigenvalue weighted by molar-refractivity contribution is 5.82. The number of carbonyl (C=O) groups is 2. The quantitative estimate of drug-likeness (QED) is 0.710. The Morgan fingerprint density at radius 3 is 2.51 bits per heavy atom. The summed E-state index contributed by atoms with van der Waals surface area (Å²) in [6, 6.07) is 13.5.